The fraction of sp³-hybridized carbons (Fsp3) is 0. The molecular weight excluding hydrogens is 371 g/mol. The van der Waals surface area contributed by atoms with E-state index < -0.39 is 4.96 Å². The van der Waals surface area contributed by atoms with E-state index in [1.807, 2.05) is 60.7 Å². The molecule has 1 aliphatic rings. The molecule has 0 saturated heterocycles. The zero-order valence-electron chi connectivity index (χ0n) is 10.6. The van der Waals surface area contributed by atoms with Crippen molar-refractivity contribution in [3.05, 3.63) is 60.7 Å². The van der Waals surface area contributed by atoms with Gasteiger partial charge in [0.1, 0.15) is 0 Å². The molecule has 0 bridgehead atoms. The van der Waals surface area contributed by atoms with E-state index in [0.717, 1.165) is 0 Å². The Labute approximate surface area is 142 Å². The molecule has 21 heavy (non-hydrogen) atoms. The Kier molecular flexibility index (Phi) is 3.76. The third-order valence-electron chi connectivity index (χ3n) is 2.96. The summed E-state index contributed by atoms with van der Waals surface area (Å²) in [6, 6.07) is 18.4. The van der Waals surface area contributed by atoms with Gasteiger partial charge in [-0.2, -0.15) is 0 Å². The van der Waals surface area contributed by atoms with Crippen LogP contribution in [0.5, 0.6) is 0 Å². The van der Waals surface area contributed by atoms with Gasteiger partial charge in [-0.1, -0.05) is 0 Å². The number of nitrogens with zero attached hydrogens (tertiary/aromatic N) is 3. The minimum absolute atomic E-state index is 0.128. The van der Waals surface area contributed by atoms with Crippen LogP contribution in [0.1, 0.15) is 0 Å². The molecule has 0 atom stereocenters. The summed E-state index contributed by atoms with van der Waals surface area (Å²) in [5.41, 5.74) is 1.36. The van der Waals surface area contributed by atoms with Crippen molar-refractivity contribution in [2.45, 2.75) is 0 Å². The maximum absolute atomic E-state index is 6.63. The van der Waals surface area contributed by atoms with Gasteiger partial charge in [-0.05, 0) is 0 Å². The van der Waals surface area contributed by atoms with E-state index in [2.05, 4.69) is 5.10 Å². The molecule has 3 nitrogen and oxygen atoms in total. The van der Waals surface area contributed by atoms with E-state index >= 15 is 0 Å². The van der Waals surface area contributed by atoms with Crippen LogP contribution in [0.4, 0.5) is 11.4 Å². The van der Waals surface area contributed by atoms with E-state index in [9.17, 15) is 0 Å². The summed E-state index contributed by atoms with van der Waals surface area (Å²) >= 11 is 26.1. The first-order valence-electron chi connectivity index (χ1n) is 6.01. The number of halogens is 4. The molecule has 0 radical (unpaired) electrons. The van der Waals surface area contributed by atoms with E-state index in [0.29, 0.717) is 11.4 Å². The number of hydrazone groups is 1. The van der Waals surface area contributed by atoms with Gasteiger partial charge in [0, 0.05) is 0 Å². The second kappa shape index (κ2) is 5.19. The van der Waals surface area contributed by atoms with Crippen LogP contribution in [-0.4, -0.2) is 5.29 Å². The summed E-state index contributed by atoms with van der Waals surface area (Å²) in [4.78, 5) is -4.08. The normalized spacial score (nSPS) is 21.5. The van der Waals surface area contributed by atoms with Gasteiger partial charge >= 0.3 is 142 Å². The number of hydrogen-bond donors (Lipinski definition) is 0. The molecule has 2 aromatic rings. The number of hydrogen-bond acceptors (Lipinski definition) is 3. The van der Waals surface area contributed by atoms with E-state index in [1.54, 1.807) is 0 Å². The first kappa shape index (κ1) is 15.2. The molecular formula is C13H10Cl4N3P. The molecule has 3 rings (SSSR count). The Morgan fingerprint density at radius 3 is 1.76 bits per heavy atom. The Hall–Kier alpha value is -0.700. The summed E-state index contributed by atoms with van der Waals surface area (Å²) in [6.07, 6.45) is 0. The molecule has 0 spiro atoms. The summed E-state index contributed by atoms with van der Waals surface area (Å²) < 4.78 is 2.87. The molecule has 0 N–H and O–H groups in total. The number of benzene rings is 2. The molecule has 110 valence electrons. The van der Waals surface area contributed by atoms with Crippen molar-refractivity contribution in [3.8, 4) is 0 Å². The zero-order valence-corrected chi connectivity index (χ0v) is 14.5. The Morgan fingerprint density at radius 1 is 0.762 bits per heavy atom. The van der Waals surface area contributed by atoms with Gasteiger partial charge in [0.25, 0.3) is 0 Å². The molecule has 0 aliphatic carbocycles. The predicted molar refractivity (Wildman–Crippen MR) is 95.6 cm³/mol. The fourth-order valence-electron chi connectivity index (χ4n) is 2.07. The third kappa shape index (κ3) is 2.58. The SMILES string of the molecule is ClC1=NN(c2ccccc2)P(Cl)(Cl)(Cl)N1c1ccccc1. The summed E-state index contributed by atoms with van der Waals surface area (Å²) in [5.74, 6) is 0. The van der Waals surface area contributed by atoms with Crippen molar-refractivity contribution in [1.29, 1.82) is 0 Å². The Balaban J connectivity index is 2.12. The summed E-state index contributed by atoms with van der Waals surface area (Å²) in [7, 11) is 0. The average Bonchev–Trinajstić information content (AvgIpc) is 2.66. The molecule has 0 saturated carbocycles. The van der Waals surface area contributed by atoms with Gasteiger partial charge < -0.3 is 0 Å². The molecule has 1 heterocycles. The number of para-hydroxylation sites is 2. The van der Waals surface area contributed by atoms with Gasteiger partial charge in [0.15, 0.2) is 0 Å². The number of anilines is 2. The monoisotopic (exact) mass is 379 g/mol. The Bertz CT molecular complexity index is 685. The van der Waals surface area contributed by atoms with Crippen LogP contribution < -0.4 is 9.45 Å². The third-order valence-corrected chi connectivity index (χ3v) is 7.94. The number of rotatable bonds is 2. The molecule has 2 aromatic carbocycles. The molecule has 0 aromatic heterocycles. The van der Waals surface area contributed by atoms with Crippen molar-refractivity contribution >= 4 is 67.0 Å². The van der Waals surface area contributed by atoms with Crippen molar-refractivity contribution in [3.63, 3.8) is 0 Å². The predicted octanol–water partition coefficient (Wildman–Crippen LogP) is 6.37. The van der Waals surface area contributed by atoms with Gasteiger partial charge in [-0.3, -0.25) is 0 Å². The second-order valence-corrected chi connectivity index (χ2v) is 14.3. The van der Waals surface area contributed by atoms with E-state index in [1.165, 1.54) is 9.45 Å². The van der Waals surface area contributed by atoms with Gasteiger partial charge in [0.05, 0.1) is 0 Å². The van der Waals surface area contributed by atoms with Crippen LogP contribution in [0.25, 0.3) is 0 Å². The minimum atomic E-state index is -4.08. The van der Waals surface area contributed by atoms with Gasteiger partial charge in [0.2, 0.25) is 0 Å². The maximum atomic E-state index is 6.63. The van der Waals surface area contributed by atoms with Crippen LogP contribution in [-0.2, 0) is 0 Å². The van der Waals surface area contributed by atoms with Crippen LogP contribution in [0.15, 0.2) is 65.8 Å². The van der Waals surface area contributed by atoms with Crippen LogP contribution in [0.2, 0.25) is 0 Å². The number of amidine groups is 1. The molecule has 8 heteroatoms. The molecule has 0 amide bonds. The fourth-order valence-corrected chi connectivity index (χ4v) is 7.30. The van der Waals surface area contributed by atoms with E-state index in [4.69, 9.17) is 45.3 Å². The summed E-state index contributed by atoms with van der Waals surface area (Å²) in [5, 5.41) is 4.37. The Morgan fingerprint density at radius 2 is 1.24 bits per heavy atom. The topological polar surface area (TPSA) is 18.8 Å². The molecule has 0 fully saturated rings. The van der Waals surface area contributed by atoms with Gasteiger partial charge in [-0.25, -0.2) is 0 Å². The van der Waals surface area contributed by atoms with Crippen LogP contribution >= 0.6 is 50.3 Å². The van der Waals surface area contributed by atoms with Gasteiger partial charge in [-0.15, -0.1) is 0 Å². The first-order chi connectivity index (χ1) is 9.88. The average molecular weight is 381 g/mol. The van der Waals surface area contributed by atoms with Crippen LogP contribution in [0.3, 0.4) is 0 Å². The van der Waals surface area contributed by atoms with E-state index in [-0.39, 0.29) is 5.29 Å². The van der Waals surface area contributed by atoms with Crippen LogP contribution in [0, 0.1) is 0 Å². The van der Waals surface area contributed by atoms with Crippen molar-refractivity contribution in [1.82, 2.24) is 0 Å². The second-order valence-electron chi connectivity index (χ2n) is 4.38. The zero-order chi connectivity index (χ0) is 15.1. The molecule has 0 unspecified atom stereocenters. The van der Waals surface area contributed by atoms with Crippen molar-refractivity contribution in [2.24, 2.45) is 5.10 Å². The summed E-state index contributed by atoms with van der Waals surface area (Å²) in [6.45, 7) is 0. The molecule has 1 aliphatic heterocycles. The quantitative estimate of drug-likeness (QED) is 0.445. The van der Waals surface area contributed by atoms with Crippen molar-refractivity contribution in [2.75, 3.05) is 9.45 Å². The first-order valence-corrected chi connectivity index (χ1v) is 11.2. The van der Waals surface area contributed by atoms with Crippen molar-refractivity contribution < 1.29 is 0 Å². The standard InChI is InChI=1S/C13H10Cl4N3P/c14-13-18-20(12-9-5-2-6-10-12)21(15,16,17)19(13)11-7-3-1-4-8-11/h1-10H.